The number of alkyl halides is 1. The van der Waals surface area contributed by atoms with Gasteiger partial charge in [-0.15, -0.1) is 0 Å². The number of hydrogen-bond acceptors (Lipinski definition) is 1. The van der Waals surface area contributed by atoms with Gasteiger partial charge in [0, 0.05) is 0 Å². The Morgan fingerprint density at radius 1 is 1.04 bits per heavy atom. The van der Waals surface area contributed by atoms with Gasteiger partial charge in [-0.1, -0.05) is 37.1 Å². The summed E-state index contributed by atoms with van der Waals surface area (Å²) >= 11 is 0. The molecule has 1 aromatic rings. The Morgan fingerprint density at radius 2 is 1.74 bits per heavy atom. The molecule has 2 heteroatoms. The third kappa shape index (κ3) is 6.57. The van der Waals surface area contributed by atoms with Crippen LogP contribution in [0, 0.1) is 23.2 Å². The van der Waals surface area contributed by atoms with E-state index in [1.807, 2.05) is 12.1 Å². The lowest BCUT2D eigenvalue weighted by atomic mass is 9.78. The number of hydrogen-bond donors (Lipinski definition) is 0. The summed E-state index contributed by atoms with van der Waals surface area (Å²) in [6.45, 7) is -0.200. The van der Waals surface area contributed by atoms with Crippen molar-refractivity contribution in [2.75, 3.05) is 6.67 Å². The van der Waals surface area contributed by atoms with Gasteiger partial charge in [0.2, 0.25) is 0 Å². The number of aryl methyl sites for hydroxylation is 1. The molecule has 1 aliphatic rings. The number of nitrogens with zero attached hydrogens (tertiary/aromatic N) is 1. The predicted octanol–water partition coefficient (Wildman–Crippen LogP) is 5.99. The summed E-state index contributed by atoms with van der Waals surface area (Å²) in [5.74, 6) is 1.69. The number of nitriles is 1. The van der Waals surface area contributed by atoms with Crippen molar-refractivity contribution >= 4 is 0 Å². The molecule has 1 fully saturated rings. The Balaban J connectivity index is 1.62. The molecule has 0 aliphatic heterocycles. The van der Waals surface area contributed by atoms with Crippen LogP contribution in [0.1, 0.15) is 62.5 Å². The highest BCUT2D eigenvalue weighted by atomic mass is 19.1. The Labute approximate surface area is 140 Å². The highest BCUT2D eigenvalue weighted by Crippen LogP contribution is 2.33. The van der Waals surface area contributed by atoms with Crippen molar-refractivity contribution in [3.63, 3.8) is 0 Å². The summed E-state index contributed by atoms with van der Waals surface area (Å²) in [6.07, 6.45) is 14.9. The van der Waals surface area contributed by atoms with Crippen LogP contribution in [-0.2, 0) is 6.42 Å². The van der Waals surface area contributed by atoms with E-state index in [-0.39, 0.29) is 6.67 Å². The lowest BCUT2D eigenvalue weighted by Gasteiger charge is -2.28. The van der Waals surface area contributed by atoms with E-state index in [1.165, 1.54) is 44.1 Å². The van der Waals surface area contributed by atoms with Crippen molar-refractivity contribution in [2.45, 2.75) is 57.8 Å². The molecule has 0 N–H and O–H groups in total. The largest absolute Gasteiger partial charge is 0.251 e. The molecule has 1 aliphatic carbocycles. The molecule has 0 aromatic heterocycles. The maximum Gasteiger partial charge on any atom is 0.0991 e. The van der Waals surface area contributed by atoms with Crippen molar-refractivity contribution < 1.29 is 4.39 Å². The van der Waals surface area contributed by atoms with Crippen LogP contribution in [0.15, 0.2) is 36.4 Å². The molecule has 0 spiro atoms. The maximum absolute atomic E-state index is 12.0. The van der Waals surface area contributed by atoms with Gasteiger partial charge in [0.1, 0.15) is 0 Å². The van der Waals surface area contributed by atoms with E-state index in [2.05, 4.69) is 30.4 Å². The molecule has 1 aromatic carbocycles. The molecule has 0 heterocycles. The van der Waals surface area contributed by atoms with Crippen LogP contribution in [0.5, 0.6) is 0 Å². The minimum Gasteiger partial charge on any atom is -0.251 e. The molecule has 0 atom stereocenters. The Bertz CT molecular complexity index is 504. The van der Waals surface area contributed by atoms with E-state index in [9.17, 15) is 4.39 Å². The predicted molar refractivity (Wildman–Crippen MR) is 93.9 cm³/mol. The van der Waals surface area contributed by atoms with Gasteiger partial charge in [0.05, 0.1) is 18.3 Å². The number of benzene rings is 1. The van der Waals surface area contributed by atoms with Gasteiger partial charge in [-0.3, -0.25) is 4.39 Å². The molecular weight excluding hydrogens is 285 g/mol. The van der Waals surface area contributed by atoms with Crippen molar-refractivity contribution in [1.29, 1.82) is 5.26 Å². The second-order valence-corrected chi connectivity index (χ2v) is 6.77. The molecule has 1 saturated carbocycles. The number of halogens is 1. The zero-order chi connectivity index (χ0) is 16.3. The smallest absolute Gasteiger partial charge is 0.0991 e. The monoisotopic (exact) mass is 313 g/mol. The van der Waals surface area contributed by atoms with Crippen molar-refractivity contribution in [3.05, 3.63) is 47.5 Å². The Morgan fingerprint density at radius 3 is 2.39 bits per heavy atom. The molecular formula is C21H28FN. The van der Waals surface area contributed by atoms with E-state index in [4.69, 9.17) is 5.26 Å². The van der Waals surface area contributed by atoms with Crippen LogP contribution >= 0.6 is 0 Å². The van der Waals surface area contributed by atoms with E-state index in [0.29, 0.717) is 6.42 Å². The van der Waals surface area contributed by atoms with Crippen LogP contribution in [0.25, 0.3) is 0 Å². The normalized spacial score (nSPS) is 21.4. The second-order valence-electron chi connectivity index (χ2n) is 6.77. The first kappa shape index (κ1) is 17.7. The minimum absolute atomic E-state index is 0.200. The van der Waals surface area contributed by atoms with Crippen LogP contribution < -0.4 is 0 Å². The van der Waals surface area contributed by atoms with Gasteiger partial charge in [0.15, 0.2) is 0 Å². The van der Waals surface area contributed by atoms with E-state index < -0.39 is 0 Å². The van der Waals surface area contributed by atoms with Gasteiger partial charge in [-0.25, -0.2) is 0 Å². The lowest BCUT2D eigenvalue weighted by Crippen LogP contribution is -2.14. The summed E-state index contributed by atoms with van der Waals surface area (Å²) in [7, 11) is 0. The lowest BCUT2D eigenvalue weighted by molar-refractivity contribution is 0.265. The fraction of sp³-hybridized carbons (Fsp3) is 0.571. The number of allylic oxidation sites excluding steroid dienone is 2. The SMILES string of the molecule is N#Cc1ccc(CCC2CCC(CC=CCCCF)CC2)cc1. The zero-order valence-corrected chi connectivity index (χ0v) is 14.0. The average Bonchev–Trinajstić information content (AvgIpc) is 2.61. The molecule has 23 heavy (non-hydrogen) atoms. The number of unbranched alkanes of at least 4 members (excludes halogenated alkanes) is 1. The third-order valence-corrected chi connectivity index (χ3v) is 5.03. The standard InChI is InChI=1S/C21H28FN/c22-16-4-2-1-3-5-18-6-8-19(9-7-18)10-11-20-12-14-21(17-23)15-13-20/h1,3,12-15,18-19H,2,4-11,16H2. The van der Waals surface area contributed by atoms with Crippen molar-refractivity contribution in [1.82, 2.24) is 0 Å². The number of rotatable bonds is 8. The van der Waals surface area contributed by atoms with Gasteiger partial charge in [0.25, 0.3) is 0 Å². The van der Waals surface area contributed by atoms with Gasteiger partial charge < -0.3 is 0 Å². The molecule has 0 radical (unpaired) electrons. The second kappa shape index (κ2) is 10.2. The van der Waals surface area contributed by atoms with Crippen molar-refractivity contribution in [3.8, 4) is 6.07 Å². The first-order valence-electron chi connectivity index (χ1n) is 9.02. The minimum atomic E-state index is -0.200. The molecule has 124 valence electrons. The van der Waals surface area contributed by atoms with Crippen LogP contribution in [0.2, 0.25) is 0 Å². The van der Waals surface area contributed by atoms with Crippen LogP contribution in [-0.4, -0.2) is 6.67 Å². The van der Waals surface area contributed by atoms with Gasteiger partial charge >= 0.3 is 0 Å². The molecule has 1 nitrogen and oxygen atoms in total. The summed E-state index contributed by atoms with van der Waals surface area (Å²) in [5, 5.41) is 8.82. The van der Waals surface area contributed by atoms with E-state index >= 15 is 0 Å². The van der Waals surface area contributed by atoms with Crippen molar-refractivity contribution in [2.24, 2.45) is 11.8 Å². The zero-order valence-electron chi connectivity index (χ0n) is 14.0. The fourth-order valence-electron chi connectivity index (χ4n) is 3.47. The highest BCUT2D eigenvalue weighted by Gasteiger charge is 2.20. The van der Waals surface area contributed by atoms with E-state index in [1.54, 1.807) is 0 Å². The Hall–Kier alpha value is -1.62. The first-order chi connectivity index (χ1) is 11.3. The van der Waals surface area contributed by atoms with Gasteiger partial charge in [-0.05, 0) is 74.5 Å². The van der Waals surface area contributed by atoms with Gasteiger partial charge in [-0.2, -0.15) is 5.26 Å². The molecule has 2 rings (SSSR count). The molecule has 0 amide bonds. The molecule has 0 saturated heterocycles. The van der Waals surface area contributed by atoms with E-state index in [0.717, 1.165) is 30.2 Å². The summed E-state index contributed by atoms with van der Waals surface area (Å²) in [6, 6.07) is 10.2. The third-order valence-electron chi connectivity index (χ3n) is 5.03. The Kier molecular flexibility index (Phi) is 7.87. The van der Waals surface area contributed by atoms with Crippen LogP contribution in [0.3, 0.4) is 0 Å². The average molecular weight is 313 g/mol. The van der Waals surface area contributed by atoms with Crippen LogP contribution in [0.4, 0.5) is 4.39 Å². The fourth-order valence-corrected chi connectivity index (χ4v) is 3.47. The quantitative estimate of drug-likeness (QED) is 0.427. The topological polar surface area (TPSA) is 23.8 Å². The molecule has 0 unspecified atom stereocenters. The first-order valence-corrected chi connectivity index (χ1v) is 9.02. The summed E-state index contributed by atoms with van der Waals surface area (Å²) in [4.78, 5) is 0. The molecule has 0 bridgehead atoms. The maximum atomic E-state index is 12.0. The highest BCUT2D eigenvalue weighted by molar-refractivity contribution is 5.31. The summed E-state index contributed by atoms with van der Waals surface area (Å²) < 4.78 is 12.0. The summed E-state index contributed by atoms with van der Waals surface area (Å²) in [5.41, 5.74) is 2.09.